The third-order valence-electron chi connectivity index (χ3n) is 7.26. The highest BCUT2D eigenvalue weighted by Crippen LogP contribution is 2.45. The molecule has 0 aromatic heterocycles. The lowest BCUT2D eigenvalue weighted by Crippen LogP contribution is -2.56. The topological polar surface area (TPSA) is 48.0 Å². The summed E-state index contributed by atoms with van der Waals surface area (Å²) in [6.07, 6.45) is 2.40. The monoisotopic (exact) mass is 487 g/mol. The van der Waals surface area contributed by atoms with Crippen molar-refractivity contribution in [3.8, 4) is 16.9 Å². The highest BCUT2D eigenvalue weighted by Gasteiger charge is 2.40. The van der Waals surface area contributed by atoms with Crippen molar-refractivity contribution in [1.82, 2.24) is 4.90 Å². The van der Waals surface area contributed by atoms with E-state index < -0.39 is 0 Å². The largest absolute Gasteiger partial charge is 0.496 e. The molecule has 6 heteroatoms. The van der Waals surface area contributed by atoms with Gasteiger partial charge >= 0.3 is 6.09 Å². The van der Waals surface area contributed by atoms with Gasteiger partial charge in [0.1, 0.15) is 12.4 Å². The van der Waals surface area contributed by atoms with E-state index in [1.165, 1.54) is 22.3 Å². The standard InChI is InChI=1S/C29H26ClNO4/c1-33-27-12-6-11-26(30)28(27)18-13-19-15-34-16-20(14-18)31(19)29(32)35-17-25-23-9-4-2-7-21(23)22-8-3-5-10-24(22)25/h2-13,19-20,25H,14-17H2,1H3. The molecule has 1 saturated heterocycles. The molecule has 35 heavy (non-hydrogen) atoms. The molecule has 178 valence electrons. The van der Waals surface area contributed by atoms with E-state index in [0.717, 1.165) is 16.9 Å². The minimum atomic E-state index is -0.299. The Morgan fingerprint density at radius 2 is 1.71 bits per heavy atom. The molecule has 3 aromatic carbocycles. The van der Waals surface area contributed by atoms with Crippen LogP contribution in [0.15, 0.2) is 72.8 Å². The summed E-state index contributed by atoms with van der Waals surface area (Å²) in [4.78, 5) is 15.2. The Labute approximate surface area is 209 Å². The van der Waals surface area contributed by atoms with Crippen molar-refractivity contribution in [1.29, 1.82) is 0 Å². The van der Waals surface area contributed by atoms with Crippen LogP contribution in [0.4, 0.5) is 4.79 Å². The van der Waals surface area contributed by atoms with E-state index in [9.17, 15) is 4.79 Å². The van der Waals surface area contributed by atoms with Crippen LogP contribution in [0, 0.1) is 0 Å². The van der Waals surface area contributed by atoms with E-state index in [1.807, 2.05) is 35.2 Å². The number of methoxy groups -OCH3 is 1. The van der Waals surface area contributed by atoms with Gasteiger partial charge in [-0.2, -0.15) is 0 Å². The average molecular weight is 488 g/mol. The fourth-order valence-electron chi connectivity index (χ4n) is 5.72. The first-order chi connectivity index (χ1) is 17.2. The van der Waals surface area contributed by atoms with Crippen LogP contribution in [0.1, 0.15) is 29.0 Å². The van der Waals surface area contributed by atoms with Crippen LogP contribution in [0.5, 0.6) is 5.75 Å². The number of nitrogens with zero attached hydrogens (tertiary/aromatic N) is 1. The molecular weight excluding hydrogens is 462 g/mol. The number of ether oxygens (including phenoxy) is 3. The van der Waals surface area contributed by atoms with Crippen LogP contribution in [-0.2, 0) is 9.47 Å². The Morgan fingerprint density at radius 3 is 2.40 bits per heavy atom. The SMILES string of the molecule is COc1cccc(Cl)c1C1=CC2COCC(C1)N2C(=O)OCC1c2ccccc2-c2ccccc21. The number of carbonyl (C=O) groups is 1. The number of fused-ring (bicyclic) bond motifs is 5. The number of amides is 1. The normalized spacial score (nSPS) is 20.6. The molecule has 3 aliphatic rings. The zero-order chi connectivity index (χ0) is 23.9. The number of halogens is 1. The van der Waals surface area contributed by atoms with Crippen molar-refractivity contribution in [3.05, 3.63) is 94.5 Å². The summed E-state index contributed by atoms with van der Waals surface area (Å²) in [5, 5.41) is 0.643. The summed E-state index contributed by atoms with van der Waals surface area (Å²) in [5.41, 5.74) is 6.81. The Morgan fingerprint density at radius 1 is 1.00 bits per heavy atom. The molecule has 2 heterocycles. The van der Waals surface area contributed by atoms with Gasteiger partial charge in [-0.05, 0) is 46.4 Å². The van der Waals surface area contributed by atoms with E-state index in [-0.39, 0.29) is 24.1 Å². The van der Waals surface area contributed by atoms with Crippen LogP contribution in [0.3, 0.4) is 0 Å². The summed E-state index contributed by atoms with van der Waals surface area (Å²) in [6, 6.07) is 22.0. The average Bonchev–Trinajstić information content (AvgIpc) is 3.20. The zero-order valence-corrected chi connectivity index (χ0v) is 20.2. The van der Waals surface area contributed by atoms with Crippen LogP contribution >= 0.6 is 11.6 Å². The Hall–Kier alpha value is -3.28. The number of hydrogen-bond donors (Lipinski definition) is 0. The molecule has 0 saturated carbocycles. The van der Waals surface area contributed by atoms with E-state index in [2.05, 4.69) is 42.5 Å². The summed E-state index contributed by atoms with van der Waals surface area (Å²) < 4.78 is 17.3. The van der Waals surface area contributed by atoms with Gasteiger partial charge in [-0.25, -0.2) is 4.79 Å². The fourth-order valence-corrected chi connectivity index (χ4v) is 6.01. The fraction of sp³-hybridized carbons (Fsp3) is 0.276. The third-order valence-corrected chi connectivity index (χ3v) is 7.58. The molecule has 0 spiro atoms. The number of hydrogen-bond acceptors (Lipinski definition) is 4. The minimum Gasteiger partial charge on any atom is -0.496 e. The van der Waals surface area contributed by atoms with Crippen LogP contribution in [0.2, 0.25) is 5.02 Å². The molecule has 5 nitrogen and oxygen atoms in total. The molecule has 0 N–H and O–H groups in total. The first kappa shape index (κ1) is 22.2. The molecule has 2 aliphatic heterocycles. The Kier molecular flexibility index (Phi) is 5.75. The van der Waals surface area contributed by atoms with Gasteiger partial charge in [0.25, 0.3) is 0 Å². The van der Waals surface area contributed by atoms with Crippen molar-refractivity contribution in [2.24, 2.45) is 0 Å². The second-order valence-electron chi connectivity index (χ2n) is 9.18. The zero-order valence-electron chi connectivity index (χ0n) is 19.4. The molecule has 0 radical (unpaired) electrons. The summed E-state index contributed by atoms with van der Waals surface area (Å²) in [5.74, 6) is 0.767. The molecule has 2 unspecified atom stereocenters. The summed E-state index contributed by atoms with van der Waals surface area (Å²) in [7, 11) is 1.64. The second kappa shape index (κ2) is 9.06. The smallest absolute Gasteiger partial charge is 0.410 e. The highest BCUT2D eigenvalue weighted by atomic mass is 35.5. The number of rotatable bonds is 4. The number of morpholine rings is 1. The molecule has 2 bridgehead atoms. The van der Waals surface area contributed by atoms with E-state index in [0.29, 0.717) is 31.3 Å². The molecule has 3 aromatic rings. The van der Waals surface area contributed by atoms with Gasteiger partial charge in [0.15, 0.2) is 0 Å². The van der Waals surface area contributed by atoms with Gasteiger partial charge in [0, 0.05) is 11.5 Å². The van der Waals surface area contributed by atoms with Crippen molar-refractivity contribution >= 4 is 23.3 Å². The predicted molar refractivity (Wildman–Crippen MR) is 136 cm³/mol. The number of benzene rings is 3. The van der Waals surface area contributed by atoms with Crippen molar-refractivity contribution < 1.29 is 19.0 Å². The van der Waals surface area contributed by atoms with Crippen LogP contribution < -0.4 is 4.74 Å². The maximum atomic E-state index is 13.4. The first-order valence-corrected chi connectivity index (χ1v) is 12.3. The first-order valence-electron chi connectivity index (χ1n) is 11.9. The van der Waals surface area contributed by atoms with Crippen molar-refractivity contribution in [2.45, 2.75) is 24.4 Å². The quantitative estimate of drug-likeness (QED) is 0.442. The van der Waals surface area contributed by atoms with Gasteiger partial charge in [-0.1, -0.05) is 72.3 Å². The maximum Gasteiger partial charge on any atom is 0.410 e. The van der Waals surface area contributed by atoms with Crippen molar-refractivity contribution in [3.63, 3.8) is 0 Å². The molecule has 1 fully saturated rings. The van der Waals surface area contributed by atoms with Crippen LogP contribution in [-0.4, -0.2) is 50.0 Å². The third kappa shape index (κ3) is 3.79. The Balaban J connectivity index is 1.24. The lowest BCUT2D eigenvalue weighted by atomic mass is 9.89. The molecule has 6 rings (SSSR count). The lowest BCUT2D eigenvalue weighted by molar-refractivity contribution is -0.0331. The molecule has 1 aliphatic carbocycles. The highest BCUT2D eigenvalue weighted by molar-refractivity contribution is 6.32. The van der Waals surface area contributed by atoms with Gasteiger partial charge in [0.2, 0.25) is 0 Å². The second-order valence-corrected chi connectivity index (χ2v) is 9.59. The summed E-state index contributed by atoms with van der Waals surface area (Å²) >= 11 is 6.54. The van der Waals surface area contributed by atoms with Gasteiger partial charge in [0.05, 0.1) is 37.4 Å². The van der Waals surface area contributed by atoms with E-state index in [4.69, 9.17) is 25.8 Å². The van der Waals surface area contributed by atoms with E-state index >= 15 is 0 Å². The predicted octanol–water partition coefficient (Wildman–Crippen LogP) is 6.15. The van der Waals surface area contributed by atoms with Gasteiger partial charge in [-0.3, -0.25) is 4.90 Å². The Bertz CT molecular complexity index is 1270. The van der Waals surface area contributed by atoms with Crippen molar-refractivity contribution in [2.75, 3.05) is 26.9 Å². The summed E-state index contributed by atoms with van der Waals surface area (Å²) in [6.45, 7) is 1.19. The molecular formula is C29H26ClNO4. The number of carbonyl (C=O) groups excluding carboxylic acids is 1. The minimum absolute atomic E-state index is 0.0331. The molecule has 1 amide bonds. The maximum absolute atomic E-state index is 13.4. The lowest BCUT2D eigenvalue weighted by Gasteiger charge is -2.44. The van der Waals surface area contributed by atoms with E-state index in [1.54, 1.807) is 7.11 Å². The molecule has 2 atom stereocenters. The van der Waals surface area contributed by atoms with Gasteiger partial charge < -0.3 is 14.2 Å². The van der Waals surface area contributed by atoms with Crippen LogP contribution in [0.25, 0.3) is 16.7 Å². The van der Waals surface area contributed by atoms with Gasteiger partial charge in [-0.15, -0.1) is 0 Å².